The molecule has 0 spiro atoms. The van der Waals surface area contributed by atoms with Crippen LogP contribution in [0, 0.1) is 5.92 Å². The minimum atomic E-state index is -3.26. The fourth-order valence-electron chi connectivity index (χ4n) is 1.90. The predicted molar refractivity (Wildman–Crippen MR) is 65.2 cm³/mol. The molecule has 1 heterocycles. The van der Waals surface area contributed by atoms with Gasteiger partial charge in [0.15, 0.2) is 0 Å². The second kappa shape index (κ2) is 5.95. The van der Waals surface area contributed by atoms with E-state index in [-0.39, 0.29) is 5.92 Å². The van der Waals surface area contributed by atoms with E-state index in [1.54, 1.807) is 11.4 Å². The maximum Gasteiger partial charge on any atom is 0.281 e. The zero-order chi connectivity index (χ0) is 12.2. The quantitative estimate of drug-likeness (QED) is 0.759. The first-order chi connectivity index (χ1) is 7.48. The van der Waals surface area contributed by atoms with E-state index in [4.69, 9.17) is 5.73 Å². The highest BCUT2D eigenvalue weighted by molar-refractivity contribution is 7.86. The summed E-state index contributed by atoms with van der Waals surface area (Å²) in [7, 11) is -1.62. The maximum absolute atomic E-state index is 12.1. The van der Waals surface area contributed by atoms with Gasteiger partial charge in [-0.3, -0.25) is 0 Å². The Morgan fingerprint density at radius 3 is 2.38 bits per heavy atom. The first-order valence-corrected chi connectivity index (χ1v) is 7.29. The van der Waals surface area contributed by atoms with Crippen molar-refractivity contribution in [2.75, 3.05) is 33.2 Å². The lowest BCUT2D eigenvalue weighted by atomic mass is 10.2. The van der Waals surface area contributed by atoms with Crippen LogP contribution in [0.3, 0.4) is 0 Å². The Kier molecular flexibility index (Phi) is 5.17. The van der Waals surface area contributed by atoms with Crippen molar-refractivity contribution in [2.24, 2.45) is 11.7 Å². The summed E-state index contributed by atoms with van der Waals surface area (Å²) in [6.45, 7) is 4.28. The monoisotopic (exact) mass is 249 g/mol. The third-order valence-electron chi connectivity index (χ3n) is 3.01. The van der Waals surface area contributed by atoms with Gasteiger partial charge in [-0.1, -0.05) is 13.3 Å². The normalized spacial score (nSPS) is 21.2. The highest BCUT2D eigenvalue weighted by Crippen LogP contribution is 2.16. The third kappa shape index (κ3) is 3.41. The first-order valence-electron chi connectivity index (χ1n) is 5.90. The maximum atomic E-state index is 12.1. The van der Waals surface area contributed by atoms with Gasteiger partial charge < -0.3 is 5.73 Å². The molecule has 1 saturated heterocycles. The predicted octanol–water partition coefficient (Wildman–Crippen LogP) is 0.244. The molecular formula is C10H23N3O2S. The number of hydrogen-bond acceptors (Lipinski definition) is 3. The average molecular weight is 249 g/mol. The SMILES string of the molecule is CC(CN)CN(C)S(=O)(=O)N1CCCCC1. The smallest absolute Gasteiger partial charge is 0.281 e. The molecule has 6 heteroatoms. The Balaban J connectivity index is 2.61. The van der Waals surface area contributed by atoms with E-state index < -0.39 is 10.2 Å². The van der Waals surface area contributed by atoms with Crippen LogP contribution in [0.15, 0.2) is 0 Å². The molecule has 1 aliphatic rings. The van der Waals surface area contributed by atoms with Crippen molar-refractivity contribution in [1.29, 1.82) is 0 Å². The summed E-state index contributed by atoms with van der Waals surface area (Å²) in [6, 6.07) is 0. The Hall–Kier alpha value is -0.170. The standard InChI is InChI=1S/C10H23N3O2S/c1-10(8-11)9-12(2)16(14,15)13-6-4-3-5-7-13/h10H,3-9,11H2,1-2H3. The summed E-state index contributed by atoms with van der Waals surface area (Å²) in [6.07, 6.45) is 3.08. The molecule has 1 atom stereocenters. The Bertz CT molecular complexity index is 299. The van der Waals surface area contributed by atoms with Gasteiger partial charge in [0, 0.05) is 26.7 Å². The molecule has 0 radical (unpaired) electrons. The van der Waals surface area contributed by atoms with Crippen LogP contribution in [0.2, 0.25) is 0 Å². The zero-order valence-electron chi connectivity index (χ0n) is 10.2. The van der Waals surface area contributed by atoms with Crippen molar-refractivity contribution in [3.8, 4) is 0 Å². The number of rotatable bonds is 5. The molecule has 0 bridgehead atoms. The van der Waals surface area contributed by atoms with Crippen LogP contribution in [-0.2, 0) is 10.2 Å². The van der Waals surface area contributed by atoms with Crippen molar-refractivity contribution >= 4 is 10.2 Å². The van der Waals surface area contributed by atoms with Gasteiger partial charge in [-0.15, -0.1) is 0 Å². The highest BCUT2D eigenvalue weighted by atomic mass is 32.2. The minimum Gasteiger partial charge on any atom is -0.330 e. The highest BCUT2D eigenvalue weighted by Gasteiger charge is 2.28. The molecule has 1 rings (SSSR count). The van der Waals surface area contributed by atoms with Gasteiger partial charge in [-0.05, 0) is 25.3 Å². The van der Waals surface area contributed by atoms with E-state index >= 15 is 0 Å². The van der Waals surface area contributed by atoms with Gasteiger partial charge in [0.1, 0.15) is 0 Å². The molecule has 2 N–H and O–H groups in total. The van der Waals surface area contributed by atoms with Gasteiger partial charge in [-0.2, -0.15) is 17.0 Å². The van der Waals surface area contributed by atoms with Crippen molar-refractivity contribution in [1.82, 2.24) is 8.61 Å². The summed E-state index contributed by atoms with van der Waals surface area (Å²) >= 11 is 0. The van der Waals surface area contributed by atoms with Crippen LogP contribution < -0.4 is 5.73 Å². The van der Waals surface area contributed by atoms with E-state index in [1.165, 1.54) is 4.31 Å². The van der Waals surface area contributed by atoms with E-state index in [9.17, 15) is 8.42 Å². The lowest BCUT2D eigenvalue weighted by Crippen LogP contribution is -2.46. The van der Waals surface area contributed by atoms with E-state index in [0.717, 1.165) is 19.3 Å². The molecule has 96 valence electrons. The van der Waals surface area contributed by atoms with E-state index in [2.05, 4.69) is 0 Å². The molecule has 0 aromatic heterocycles. The Labute approximate surface area is 98.8 Å². The molecule has 1 fully saturated rings. The number of piperidine rings is 1. The molecular weight excluding hydrogens is 226 g/mol. The molecule has 0 amide bonds. The molecule has 0 aromatic rings. The second-order valence-corrected chi connectivity index (χ2v) is 6.62. The first kappa shape index (κ1) is 13.9. The van der Waals surface area contributed by atoms with Crippen LogP contribution in [-0.4, -0.2) is 50.3 Å². The lowest BCUT2D eigenvalue weighted by molar-refractivity contribution is 0.305. The summed E-state index contributed by atoms with van der Waals surface area (Å²) in [5.41, 5.74) is 5.51. The third-order valence-corrected chi connectivity index (χ3v) is 4.96. The van der Waals surface area contributed by atoms with Crippen molar-refractivity contribution in [3.05, 3.63) is 0 Å². The van der Waals surface area contributed by atoms with E-state index in [1.807, 2.05) is 6.92 Å². The Morgan fingerprint density at radius 2 is 1.88 bits per heavy atom. The topological polar surface area (TPSA) is 66.6 Å². The second-order valence-electron chi connectivity index (χ2n) is 4.59. The number of nitrogens with two attached hydrogens (primary N) is 1. The van der Waals surface area contributed by atoms with Crippen LogP contribution in [0.1, 0.15) is 26.2 Å². The largest absolute Gasteiger partial charge is 0.330 e. The van der Waals surface area contributed by atoms with Crippen molar-refractivity contribution < 1.29 is 8.42 Å². The molecule has 0 aliphatic carbocycles. The fraction of sp³-hybridized carbons (Fsp3) is 1.00. The molecule has 0 aromatic carbocycles. The van der Waals surface area contributed by atoms with Gasteiger partial charge in [0.25, 0.3) is 10.2 Å². The molecule has 5 nitrogen and oxygen atoms in total. The Morgan fingerprint density at radius 1 is 1.31 bits per heavy atom. The van der Waals surface area contributed by atoms with Crippen LogP contribution in [0.4, 0.5) is 0 Å². The minimum absolute atomic E-state index is 0.199. The van der Waals surface area contributed by atoms with Gasteiger partial charge in [0.05, 0.1) is 0 Å². The molecule has 1 aliphatic heterocycles. The van der Waals surface area contributed by atoms with Gasteiger partial charge in [-0.25, -0.2) is 0 Å². The van der Waals surface area contributed by atoms with Gasteiger partial charge >= 0.3 is 0 Å². The van der Waals surface area contributed by atoms with Crippen LogP contribution >= 0.6 is 0 Å². The fourth-order valence-corrected chi connectivity index (χ4v) is 3.46. The summed E-state index contributed by atoms with van der Waals surface area (Å²) in [5.74, 6) is 0.199. The van der Waals surface area contributed by atoms with Crippen LogP contribution in [0.5, 0.6) is 0 Å². The van der Waals surface area contributed by atoms with Crippen molar-refractivity contribution in [3.63, 3.8) is 0 Å². The summed E-state index contributed by atoms with van der Waals surface area (Å²) in [4.78, 5) is 0. The average Bonchev–Trinajstić information content (AvgIpc) is 2.29. The van der Waals surface area contributed by atoms with Gasteiger partial charge in [0.2, 0.25) is 0 Å². The zero-order valence-corrected chi connectivity index (χ0v) is 11.0. The van der Waals surface area contributed by atoms with Crippen molar-refractivity contribution in [2.45, 2.75) is 26.2 Å². The van der Waals surface area contributed by atoms with Crippen LogP contribution in [0.25, 0.3) is 0 Å². The lowest BCUT2D eigenvalue weighted by Gasteiger charge is -2.31. The number of hydrogen-bond donors (Lipinski definition) is 1. The summed E-state index contributed by atoms with van der Waals surface area (Å²) in [5, 5.41) is 0. The molecule has 16 heavy (non-hydrogen) atoms. The molecule has 1 unspecified atom stereocenters. The van der Waals surface area contributed by atoms with E-state index in [0.29, 0.717) is 26.2 Å². The molecule has 0 saturated carbocycles. The number of nitrogens with zero attached hydrogens (tertiary/aromatic N) is 2. The summed E-state index contributed by atoms with van der Waals surface area (Å²) < 4.78 is 27.3.